The van der Waals surface area contributed by atoms with Gasteiger partial charge in [0.05, 0.1) is 3.55 Å². The van der Waals surface area contributed by atoms with E-state index in [2.05, 4.69) is 55.6 Å². The van der Waals surface area contributed by atoms with Gasteiger partial charge in [-0.15, -0.1) is 0 Å². The average Bonchev–Trinajstić information content (AvgIpc) is 2.07. The molecule has 0 saturated carbocycles. The van der Waals surface area contributed by atoms with Crippen molar-refractivity contribution in [3.8, 4) is 0 Å². The first-order chi connectivity index (χ1) is 4.81. The van der Waals surface area contributed by atoms with Crippen LogP contribution in [0.4, 0.5) is 0 Å². The normalized spacial score (nSPS) is 39.5. The van der Waals surface area contributed by atoms with Crippen LogP contribution in [0.1, 0.15) is 34.1 Å². The summed E-state index contributed by atoms with van der Waals surface area (Å²) in [6.45, 7) is 10.5. The Kier molecular flexibility index (Phi) is 2.55. The molecule has 0 aromatic rings. The van der Waals surface area contributed by atoms with Crippen LogP contribution in [-0.4, -0.2) is 10.1 Å². The van der Waals surface area contributed by atoms with E-state index in [-0.39, 0.29) is 0 Å². The van der Waals surface area contributed by atoms with E-state index in [0.29, 0.717) is 8.96 Å². The van der Waals surface area contributed by atoms with Crippen molar-refractivity contribution >= 4 is 22.6 Å². The zero-order valence-electron chi connectivity index (χ0n) is 7.87. The van der Waals surface area contributed by atoms with Gasteiger partial charge in [-0.25, -0.2) is 0 Å². The molecule has 1 aliphatic rings. The summed E-state index contributed by atoms with van der Waals surface area (Å²) >= 11 is 2.51. The van der Waals surface area contributed by atoms with Gasteiger partial charge in [-0.05, 0) is 31.2 Å². The second-order valence-electron chi connectivity index (χ2n) is 4.85. The molecule has 1 aliphatic heterocycles. The number of hydrogen-bond donors (Lipinski definition) is 1. The standard InChI is InChI=1S/C9H18IN/c1-8(2,3)7-5-9(4,10)11-6-7/h7,11H,5-6H2,1-4H3. The van der Waals surface area contributed by atoms with Gasteiger partial charge in [0.15, 0.2) is 0 Å². The number of nitrogens with one attached hydrogen (secondary N) is 1. The summed E-state index contributed by atoms with van der Waals surface area (Å²) in [6.07, 6.45) is 1.30. The summed E-state index contributed by atoms with van der Waals surface area (Å²) in [5.41, 5.74) is 0.468. The second-order valence-corrected chi connectivity index (χ2v) is 7.23. The highest BCUT2D eigenvalue weighted by Gasteiger charge is 2.37. The molecule has 2 atom stereocenters. The predicted octanol–water partition coefficient (Wildman–Crippen LogP) is 2.79. The Balaban J connectivity index is 2.55. The molecule has 0 bridgehead atoms. The topological polar surface area (TPSA) is 12.0 Å². The van der Waals surface area contributed by atoms with Gasteiger partial charge < -0.3 is 5.32 Å². The summed E-state index contributed by atoms with van der Waals surface area (Å²) in [4.78, 5) is 0. The molecule has 1 nitrogen and oxygen atoms in total. The Bertz CT molecular complexity index is 146. The summed E-state index contributed by atoms with van der Waals surface area (Å²) < 4.78 is 0.343. The molecule has 0 aromatic carbocycles. The third-order valence-corrected chi connectivity index (χ3v) is 3.39. The van der Waals surface area contributed by atoms with Crippen LogP contribution in [0.5, 0.6) is 0 Å². The van der Waals surface area contributed by atoms with Crippen LogP contribution in [-0.2, 0) is 0 Å². The Hall–Kier alpha value is 0.690. The van der Waals surface area contributed by atoms with E-state index in [4.69, 9.17) is 0 Å². The highest BCUT2D eigenvalue weighted by molar-refractivity contribution is 14.1. The van der Waals surface area contributed by atoms with E-state index < -0.39 is 0 Å². The first kappa shape index (κ1) is 9.78. The maximum atomic E-state index is 3.54. The Morgan fingerprint density at radius 3 is 2.18 bits per heavy atom. The van der Waals surface area contributed by atoms with Gasteiger partial charge >= 0.3 is 0 Å². The molecule has 1 N–H and O–H groups in total. The fourth-order valence-corrected chi connectivity index (χ4v) is 2.31. The van der Waals surface area contributed by atoms with Crippen molar-refractivity contribution in [2.24, 2.45) is 11.3 Å². The highest BCUT2D eigenvalue weighted by atomic mass is 127. The maximum Gasteiger partial charge on any atom is 0.0680 e. The zero-order valence-corrected chi connectivity index (χ0v) is 10.0. The minimum atomic E-state index is 0.343. The number of rotatable bonds is 0. The van der Waals surface area contributed by atoms with Crippen molar-refractivity contribution in [1.29, 1.82) is 0 Å². The minimum absolute atomic E-state index is 0.343. The minimum Gasteiger partial charge on any atom is -0.303 e. The Morgan fingerprint density at radius 1 is 1.45 bits per heavy atom. The fraction of sp³-hybridized carbons (Fsp3) is 1.00. The SMILES string of the molecule is CC1(I)CC(C(C)(C)C)CN1. The van der Waals surface area contributed by atoms with Gasteiger partial charge in [0, 0.05) is 0 Å². The molecule has 0 spiro atoms. The predicted molar refractivity (Wildman–Crippen MR) is 58.0 cm³/mol. The number of halogens is 1. The molecule has 66 valence electrons. The first-order valence-electron chi connectivity index (χ1n) is 4.25. The van der Waals surface area contributed by atoms with Crippen molar-refractivity contribution in [3.63, 3.8) is 0 Å². The smallest absolute Gasteiger partial charge is 0.0680 e. The van der Waals surface area contributed by atoms with Crippen LogP contribution in [0.15, 0.2) is 0 Å². The van der Waals surface area contributed by atoms with E-state index in [0.717, 1.165) is 5.92 Å². The lowest BCUT2D eigenvalue weighted by Crippen LogP contribution is -2.27. The van der Waals surface area contributed by atoms with Gasteiger partial charge in [-0.2, -0.15) is 0 Å². The van der Waals surface area contributed by atoms with E-state index in [1.54, 1.807) is 0 Å². The third-order valence-electron chi connectivity index (χ3n) is 2.57. The van der Waals surface area contributed by atoms with Crippen molar-refractivity contribution in [2.45, 2.75) is 37.7 Å². The van der Waals surface area contributed by atoms with Crippen molar-refractivity contribution in [2.75, 3.05) is 6.54 Å². The van der Waals surface area contributed by atoms with Crippen molar-refractivity contribution < 1.29 is 0 Å². The molecule has 1 rings (SSSR count). The summed E-state index contributed by atoms with van der Waals surface area (Å²) in [5.74, 6) is 0.837. The molecule has 2 unspecified atom stereocenters. The summed E-state index contributed by atoms with van der Waals surface area (Å²) in [5, 5.41) is 3.54. The largest absolute Gasteiger partial charge is 0.303 e. The average molecular weight is 267 g/mol. The molecule has 2 heteroatoms. The molecule has 1 saturated heterocycles. The van der Waals surface area contributed by atoms with Crippen LogP contribution in [0.2, 0.25) is 0 Å². The maximum absolute atomic E-state index is 3.54. The summed E-state index contributed by atoms with van der Waals surface area (Å²) in [6, 6.07) is 0. The highest BCUT2D eigenvalue weighted by Crippen LogP contribution is 2.39. The number of alkyl halides is 1. The lowest BCUT2D eigenvalue weighted by molar-refractivity contribution is 0.257. The second kappa shape index (κ2) is 2.87. The molecule has 0 aromatic heterocycles. The molecule has 11 heavy (non-hydrogen) atoms. The lowest BCUT2D eigenvalue weighted by atomic mass is 9.79. The molecule has 0 amide bonds. The van der Waals surface area contributed by atoms with Gasteiger partial charge in [0.25, 0.3) is 0 Å². The molecular weight excluding hydrogens is 249 g/mol. The van der Waals surface area contributed by atoms with Gasteiger partial charge in [-0.1, -0.05) is 43.4 Å². The van der Waals surface area contributed by atoms with Crippen LogP contribution < -0.4 is 5.32 Å². The van der Waals surface area contributed by atoms with Gasteiger partial charge in [-0.3, -0.25) is 0 Å². The van der Waals surface area contributed by atoms with E-state index >= 15 is 0 Å². The number of hydrogen-bond acceptors (Lipinski definition) is 1. The third kappa shape index (κ3) is 2.58. The van der Waals surface area contributed by atoms with E-state index in [9.17, 15) is 0 Å². The van der Waals surface area contributed by atoms with Crippen LogP contribution in [0, 0.1) is 11.3 Å². The van der Waals surface area contributed by atoms with E-state index in [1.165, 1.54) is 13.0 Å². The van der Waals surface area contributed by atoms with Crippen molar-refractivity contribution in [1.82, 2.24) is 5.32 Å². The molecular formula is C9H18IN. The Labute approximate surface area is 83.5 Å². The summed E-state index contributed by atoms with van der Waals surface area (Å²) in [7, 11) is 0. The fourth-order valence-electron chi connectivity index (χ4n) is 1.56. The zero-order chi connectivity index (χ0) is 8.70. The molecule has 0 radical (unpaired) electrons. The molecule has 1 fully saturated rings. The monoisotopic (exact) mass is 267 g/mol. The molecule has 1 heterocycles. The van der Waals surface area contributed by atoms with Crippen LogP contribution >= 0.6 is 22.6 Å². The molecule has 0 aliphatic carbocycles. The van der Waals surface area contributed by atoms with E-state index in [1.807, 2.05) is 0 Å². The lowest BCUT2D eigenvalue weighted by Gasteiger charge is -2.26. The van der Waals surface area contributed by atoms with Gasteiger partial charge in [0.1, 0.15) is 0 Å². The van der Waals surface area contributed by atoms with Crippen LogP contribution in [0.3, 0.4) is 0 Å². The Morgan fingerprint density at radius 2 is 2.00 bits per heavy atom. The van der Waals surface area contributed by atoms with Crippen LogP contribution in [0.25, 0.3) is 0 Å². The van der Waals surface area contributed by atoms with Crippen molar-refractivity contribution in [3.05, 3.63) is 0 Å². The first-order valence-corrected chi connectivity index (χ1v) is 5.33. The van der Waals surface area contributed by atoms with Gasteiger partial charge in [0.2, 0.25) is 0 Å². The quantitative estimate of drug-likeness (QED) is 0.404.